The highest BCUT2D eigenvalue weighted by Crippen LogP contribution is 2.35. The van der Waals surface area contributed by atoms with Crippen molar-refractivity contribution in [3.63, 3.8) is 0 Å². The lowest BCUT2D eigenvalue weighted by Crippen LogP contribution is -2.20. The van der Waals surface area contributed by atoms with E-state index in [1.807, 2.05) is 6.92 Å². The molecule has 2 aromatic carbocycles. The number of amides is 1. The molecule has 0 aliphatic heterocycles. The minimum absolute atomic E-state index is 0.0803. The van der Waals surface area contributed by atoms with Crippen LogP contribution in [0, 0.1) is 13.8 Å². The van der Waals surface area contributed by atoms with Crippen molar-refractivity contribution in [1.29, 1.82) is 0 Å². The van der Waals surface area contributed by atoms with E-state index >= 15 is 0 Å². The predicted octanol–water partition coefficient (Wildman–Crippen LogP) is 5.59. The molecule has 7 heteroatoms. The Morgan fingerprint density at radius 1 is 1.13 bits per heavy atom. The number of benzene rings is 2. The number of rotatable bonds is 2. The van der Waals surface area contributed by atoms with E-state index in [0.29, 0.717) is 0 Å². The van der Waals surface area contributed by atoms with Crippen molar-refractivity contribution in [3.05, 3.63) is 58.1 Å². The maximum absolute atomic E-state index is 12.9. The van der Waals surface area contributed by atoms with Crippen LogP contribution in [0.1, 0.15) is 16.7 Å². The average Bonchev–Trinajstić information content (AvgIpc) is 2.44. The van der Waals surface area contributed by atoms with Gasteiger partial charge in [0.25, 0.3) is 0 Å². The van der Waals surface area contributed by atoms with Gasteiger partial charge in [-0.25, -0.2) is 4.79 Å². The smallest absolute Gasteiger partial charge is 0.408 e. The Hall–Kier alpha value is -2.21. The summed E-state index contributed by atoms with van der Waals surface area (Å²) in [5, 5.41) is 2.29. The lowest BCUT2D eigenvalue weighted by Gasteiger charge is -2.14. The molecule has 1 amide bonds. The van der Waals surface area contributed by atoms with E-state index < -0.39 is 17.8 Å². The highest BCUT2D eigenvalue weighted by Gasteiger charge is 2.33. The summed E-state index contributed by atoms with van der Waals surface area (Å²) in [5.74, 6) is 0.0803. The Kier molecular flexibility index (Phi) is 4.85. The van der Waals surface area contributed by atoms with Crippen LogP contribution >= 0.6 is 11.6 Å². The SMILES string of the molecule is Cc1cc(Cl)c(OC(=O)Nc2ccccc2C(F)(F)F)cc1C. The fourth-order valence-corrected chi connectivity index (χ4v) is 2.16. The average molecular weight is 344 g/mol. The van der Waals surface area contributed by atoms with Crippen molar-refractivity contribution < 1.29 is 22.7 Å². The molecule has 2 rings (SSSR count). The number of para-hydroxylation sites is 1. The van der Waals surface area contributed by atoms with E-state index in [0.717, 1.165) is 23.3 Å². The van der Waals surface area contributed by atoms with E-state index in [1.165, 1.54) is 12.1 Å². The molecule has 0 unspecified atom stereocenters. The minimum Gasteiger partial charge on any atom is -0.408 e. The normalized spacial score (nSPS) is 11.2. The fourth-order valence-electron chi connectivity index (χ4n) is 1.91. The molecule has 0 saturated heterocycles. The standard InChI is InChI=1S/C16H13ClF3NO2/c1-9-7-12(17)14(8-10(9)2)23-15(22)21-13-6-4-3-5-11(13)16(18,19)20/h3-8H,1-2H3,(H,21,22). The summed E-state index contributed by atoms with van der Waals surface area (Å²) in [5.41, 5.74) is 0.408. The topological polar surface area (TPSA) is 38.3 Å². The molecule has 122 valence electrons. The molecule has 3 nitrogen and oxygen atoms in total. The second kappa shape index (κ2) is 6.50. The summed E-state index contributed by atoms with van der Waals surface area (Å²) >= 11 is 5.97. The summed E-state index contributed by atoms with van der Waals surface area (Å²) in [7, 11) is 0. The van der Waals surface area contributed by atoms with Crippen LogP contribution in [-0.2, 0) is 6.18 Å². The number of hydrogen-bond acceptors (Lipinski definition) is 2. The zero-order valence-corrected chi connectivity index (χ0v) is 13.0. The van der Waals surface area contributed by atoms with Crippen molar-refractivity contribution in [2.45, 2.75) is 20.0 Å². The van der Waals surface area contributed by atoms with Gasteiger partial charge in [-0.2, -0.15) is 13.2 Å². The van der Waals surface area contributed by atoms with Crippen LogP contribution in [0.15, 0.2) is 36.4 Å². The van der Waals surface area contributed by atoms with Crippen LogP contribution in [-0.4, -0.2) is 6.09 Å². The third kappa shape index (κ3) is 4.16. The van der Waals surface area contributed by atoms with Crippen LogP contribution in [0.3, 0.4) is 0 Å². The molecule has 1 N–H and O–H groups in total. The molecule has 0 aliphatic carbocycles. The first-order chi connectivity index (χ1) is 10.7. The molecule has 0 heterocycles. The van der Waals surface area contributed by atoms with E-state index in [4.69, 9.17) is 16.3 Å². The quantitative estimate of drug-likeness (QED) is 0.772. The molecular weight excluding hydrogens is 331 g/mol. The minimum atomic E-state index is -4.58. The number of carbonyl (C=O) groups excluding carboxylic acids is 1. The highest BCUT2D eigenvalue weighted by atomic mass is 35.5. The molecular formula is C16H13ClF3NO2. The van der Waals surface area contributed by atoms with Crippen LogP contribution in [0.2, 0.25) is 5.02 Å². The number of carbonyl (C=O) groups is 1. The number of ether oxygens (including phenoxy) is 1. The molecule has 0 spiro atoms. The number of nitrogens with one attached hydrogen (secondary N) is 1. The maximum Gasteiger partial charge on any atom is 0.418 e. The number of halogens is 4. The lowest BCUT2D eigenvalue weighted by atomic mass is 10.1. The first-order valence-corrected chi connectivity index (χ1v) is 6.98. The van der Waals surface area contributed by atoms with Gasteiger partial charge in [-0.05, 0) is 49.2 Å². The molecule has 0 radical (unpaired) electrons. The Morgan fingerprint density at radius 3 is 2.39 bits per heavy atom. The van der Waals surface area contributed by atoms with E-state index in [-0.39, 0.29) is 16.5 Å². The molecule has 0 aromatic heterocycles. The number of aryl methyl sites for hydroxylation is 2. The van der Waals surface area contributed by atoms with E-state index in [2.05, 4.69) is 5.32 Å². The van der Waals surface area contributed by atoms with Gasteiger partial charge in [0.2, 0.25) is 0 Å². The molecule has 0 saturated carbocycles. The Morgan fingerprint density at radius 2 is 1.74 bits per heavy atom. The van der Waals surface area contributed by atoms with Crippen molar-refractivity contribution in [1.82, 2.24) is 0 Å². The van der Waals surface area contributed by atoms with Gasteiger partial charge < -0.3 is 4.74 Å². The van der Waals surface area contributed by atoms with Crippen LogP contribution < -0.4 is 10.1 Å². The fraction of sp³-hybridized carbons (Fsp3) is 0.188. The van der Waals surface area contributed by atoms with Gasteiger partial charge in [0.15, 0.2) is 5.75 Å². The Bertz CT molecular complexity index is 745. The van der Waals surface area contributed by atoms with Gasteiger partial charge in [0.1, 0.15) is 0 Å². The van der Waals surface area contributed by atoms with Gasteiger partial charge in [-0.15, -0.1) is 0 Å². The zero-order valence-electron chi connectivity index (χ0n) is 12.3. The molecule has 23 heavy (non-hydrogen) atoms. The Balaban J connectivity index is 2.20. The van der Waals surface area contributed by atoms with Gasteiger partial charge in [0, 0.05) is 0 Å². The molecule has 2 aromatic rings. The number of anilines is 1. The largest absolute Gasteiger partial charge is 0.418 e. The maximum atomic E-state index is 12.9. The summed E-state index contributed by atoms with van der Waals surface area (Å²) in [6.07, 6.45) is -5.63. The van der Waals surface area contributed by atoms with Crippen molar-refractivity contribution in [2.24, 2.45) is 0 Å². The van der Waals surface area contributed by atoms with Gasteiger partial charge >= 0.3 is 12.3 Å². The van der Waals surface area contributed by atoms with Crippen LogP contribution in [0.5, 0.6) is 5.75 Å². The number of alkyl halides is 3. The first kappa shape index (κ1) is 17.1. The summed E-state index contributed by atoms with van der Waals surface area (Å²) in [6, 6.07) is 7.80. The zero-order chi connectivity index (χ0) is 17.2. The van der Waals surface area contributed by atoms with Crippen molar-refractivity contribution >= 4 is 23.4 Å². The lowest BCUT2D eigenvalue weighted by molar-refractivity contribution is -0.136. The third-order valence-corrected chi connectivity index (χ3v) is 3.52. The first-order valence-electron chi connectivity index (χ1n) is 6.60. The van der Waals surface area contributed by atoms with Crippen molar-refractivity contribution in [2.75, 3.05) is 5.32 Å². The van der Waals surface area contributed by atoms with Crippen LogP contribution in [0.25, 0.3) is 0 Å². The van der Waals surface area contributed by atoms with Crippen LogP contribution in [0.4, 0.5) is 23.7 Å². The second-order valence-electron chi connectivity index (χ2n) is 4.92. The van der Waals surface area contributed by atoms with E-state index in [9.17, 15) is 18.0 Å². The molecule has 0 aliphatic rings. The van der Waals surface area contributed by atoms with E-state index in [1.54, 1.807) is 19.1 Å². The summed E-state index contributed by atoms with van der Waals surface area (Å²) < 4.78 is 43.6. The van der Waals surface area contributed by atoms with Gasteiger partial charge in [-0.1, -0.05) is 23.7 Å². The molecule has 0 bridgehead atoms. The summed E-state index contributed by atoms with van der Waals surface area (Å²) in [4.78, 5) is 11.9. The summed E-state index contributed by atoms with van der Waals surface area (Å²) in [6.45, 7) is 3.64. The van der Waals surface area contributed by atoms with Gasteiger partial charge in [0.05, 0.1) is 16.3 Å². The monoisotopic (exact) mass is 343 g/mol. The van der Waals surface area contributed by atoms with Gasteiger partial charge in [-0.3, -0.25) is 5.32 Å². The molecule has 0 fully saturated rings. The Labute approximate surface area is 136 Å². The molecule has 0 atom stereocenters. The number of hydrogen-bond donors (Lipinski definition) is 1. The highest BCUT2D eigenvalue weighted by molar-refractivity contribution is 6.32. The third-order valence-electron chi connectivity index (χ3n) is 3.22. The van der Waals surface area contributed by atoms with Crippen molar-refractivity contribution in [3.8, 4) is 5.75 Å². The second-order valence-corrected chi connectivity index (χ2v) is 5.33. The predicted molar refractivity (Wildman–Crippen MR) is 82.0 cm³/mol.